The number of aromatic hydroxyl groups is 2. The van der Waals surface area contributed by atoms with Gasteiger partial charge in [-0.25, -0.2) is 0 Å². The molecule has 0 radical (unpaired) electrons. The predicted octanol–water partition coefficient (Wildman–Crippen LogP) is 2.54. The van der Waals surface area contributed by atoms with Crippen molar-refractivity contribution < 1.29 is 10.2 Å². The molecule has 2 aromatic rings. The number of phenolic OH excluding ortho intramolecular Hbond substituents is 2. The molecule has 0 bridgehead atoms. The number of nitrogens with zero attached hydrogens (tertiary/aromatic N) is 2. The van der Waals surface area contributed by atoms with Crippen LogP contribution in [0, 0.1) is 0 Å². The molecule has 0 aliphatic heterocycles. The van der Waals surface area contributed by atoms with E-state index in [1.54, 1.807) is 35.1 Å². The van der Waals surface area contributed by atoms with Crippen molar-refractivity contribution in [1.29, 1.82) is 0 Å². The van der Waals surface area contributed by atoms with Crippen LogP contribution < -0.4 is 0 Å². The lowest BCUT2D eigenvalue weighted by Gasteiger charge is -2.12. The van der Waals surface area contributed by atoms with Crippen LogP contribution in [0.25, 0.3) is 11.3 Å². The molecule has 0 atom stereocenters. The fraction of sp³-hybridized carbons (Fsp3) is 0.250. The summed E-state index contributed by atoms with van der Waals surface area (Å²) in [5.41, 5.74) is 1.14. The number of benzene rings is 1. The number of phenols is 2. The third kappa shape index (κ3) is 1.62. The second kappa shape index (κ2) is 3.89. The Labute approximate surface area is 93.8 Å². The first-order valence-electron chi connectivity index (χ1n) is 5.16. The summed E-state index contributed by atoms with van der Waals surface area (Å²) >= 11 is 0. The van der Waals surface area contributed by atoms with E-state index in [-0.39, 0.29) is 17.5 Å². The van der Waals surface area contributed by atoms with Gasteiger partial charge in [0.1, 0.15) is 11.5 Å². The van der Waals surface area contributed by atoms with Crippen molar-refractivity contribution in [2.75, 3.05) is 0 Å². The van der Waals surface area contributed by atoms with E-state index in [9.17, 15) is 10.2 Å². The lowest BCUT2D eigenvalue weighted by Crippen LogP contribution is -2.04. The zero-order valence-electron chi connectivity index (χ0n) is 9.25. The lowest BCUT2D eigenvalue weighted by molar-refractivity contribution is 0.451. The molecule has 4 heteroatoms. The zero-order chi connectivity index (χ0) is 11.7. The van der Waals surface area contributed by atoms with Crippen molar-refractivity contribution in [3.8, 4) is 22.8 Å². The highest BCUT2D eigenvalue weighted by Crippen LogP contribution is 2.37. The van der Waals surface area contributed by atoms with Gasteiger partial charge in [0.2, 0.25) is 0 Å². The fourth-order valence-electron chi connectivity index (χ4n) is 1.71. The van der Waals surface area contributed by atoms with Gasteiger partial charge in [0.15, 0.2) is 0 Å². The topological polar surface area (TPSA) is 58.3 Å². The summed E-state index contributed by atoms with van der Waals surface area (Å²) in [6.45, 7) is 3.99. The molecule has 0 spiro atoms. The molecule has 2 rings (SSSR count). The van der Waals surface area contributed by atoms with Gasteiger partial charge in [0.05, 0.1) is 11.3 Å². The van der Waals surface area contributed by atoms with Gasteiger partial charge in [0, 0.05) is 12.2 Å². The van der Waals surface area contributed by atoms with Crippen LogP contribution in [0.15, 0.2) is 30.5 Å². The van der Waals surface area contributed by atoms with Crippen molar-refractivity contribution in [2.24, 2.45) is 0 Å². The number of rotatable bonds is 2. The molecule has 1 aromatic carbocycles. The summed E-state index contributed by atoms with van der Waals surface area (Å²) in [6, 6.07) is 6.64. The Morgan fingerprint density at radius 1 is 1.12 bits per heavy atom. The van der Waals surface area contributed by atoms with Crippen LogP contribution in [0.3, 0.4) is 0 Å². The molecule has 0 unspecified atom stereocenters. The van der Waals surface area contributed by atoms with E-state index in [2.05, 4.69) is 5.10 Å². The molecule has 0 saturated carbocycles. The molecule has 2 N–H and O–H groups in total. The molecular weight excluding hydrogens is 204 g/mol. The van der Waals surface area contributed by atoms with Gasteiger partial charge in [-0.1, -0.05) is 6.07 Å². The molecule has 0 aliphatic carbocycles. The third-order valence-corrected chi connectivity index (χ3v) is 2.44. The van der Waals surface area contributed by atoms with Crippen molar-refractivity contribution >= 4 is 0 Å². The summed E-state index contributed by atoms with van der Waals surface area (Å²) in [5.74, 6) is 0.116. The van der Waals surface area contributed by atoms with Crippen LogP contribution in [0.1, 0.15) is 19.9 Å². The van der Waals surface area contributed by atoms with E-state index in [4.69, 9.17) is 0 Å². The van der Waals surface area contributed by atoms with E-state index in [1.165, 1.54) is 0 Å². The van der Waals surface area contributed by atoms with Crippen LogP contribution in [0.2, 0.25) is 0 Å². The average Bonchev–Trinajstić information content (AvgIpc) is 2.66. The monoisotopic (exact) mass is 218 g/mol. The summed E-state index contributed by atoms with van der Waals surface area (Å²) in [4.78, 5) is 0. The Hall–Kier alpha value is -1.97. The average molecular weight is 218 g/mol. The van der Waals surface area contributed by atoms with E-state index in [0.29, 0.717) is 11.3 Å². The highest BCUT2D eigenvalue weighted by molar-refractivity contribution is 5.73. The van der Waals surface area contributed by atoms with Crippen molar-refractivity contribution in [3.63, 3.8) is 0 Å². The van der Waals surface area contributed by atoms with Gasteiger partial charge in [-0.15, -0.1) is 0 Å². The minimum absolute atomic E-state index is 0.0578. The van der Waals surface area contributed by atoms with Gasteiger partial charge >= 0.3 is 0 Å². The van der Waals surface area contributed by atoms with Crippen molar-refractivity contribution in [3.05, 3.63) is 30.5 Å². The molecule has 0 aliphatic rings. The SMILES string of the molecule is CC(C)n1nccc1-c1c(O)cccc1O. The highest BCUT2D eigenvalue weighted by Gasteiger charge is 2.15. The number of hydrogen-bond acceptors (Lipinski definition) is 3. The summed E-state index contributed by atoms with van der Waals surface area (Å²) in [7, 11) is 0. The Balaban J connectivity index is 2.63. The molecule has 0 fully saturated rings. The van der Waals surface area contributed by atoms with E-state index in [0.717, 1.165) is 0 Å². The summed E-state index contributed by atoms with van der Waals surface area (Å²) in [6.07, 6.45) is 1.65. The Bertz CT molecular complexity index is 483. The van der Waals surface area contributed by atoms with Crippen LogP contribution >= 0.6 is 0 Å². The first-order chi connectivity index (χ1) is 7.61. The smallest absolute Gasteiger partial charge is 0.128 e. The molecule has 16 heavy (non-hydrogen) atoms. The van der Waals surface area contributed by atoms with Gasteiger partial charge in [-0.05, 0) is 32.0 Å². The van der Waals surface area contributed by atoms with Gasteiger partial charge in [-0.3, -0.25) is 4.68 Å². The predicted molar refractivity (Wildman–Crippen MR) is 61.4 cm³/mol. The quantitative estimate of drug-likeness (QED) is 0.814. The minimum atomic E-state index is 0.0578. The largest absolute Gasteiger partial charge is 0.507 e. The molecular formula is C12H14N2O2. The van der Waals surface area contributed by atoms with Crippen LogP contribution in [0.4, 0.5) is 0 Å². The van der Waals surface area contributed by atoms with Gasteiger partial charge in [0.25, 0.3) is 0 Å². The molecule has 84 valence electrons. The van der Waals surface area contributed by atoms with E-state index >= 15 is 0 Å². The molecule has 1 heterocycles. The zero-order valence-corrected chi connectivity index (χ0v) is 9.25. The molecule has 1 aromatic heterocycles. The van der Waals surface area contributed by atoms with Crippen LogP contribution in [0.5, 0.6) is 11.5 Å². The number of hydrogen-bond donors (Lipinski definition) is 2. The van der Waals surface area contributed by atoms with Crippen molar-refractivity contribution in [2.45, 2.75) is 19.9 Å². The maximum Gasteiger partial charge on any atom is 0.128 e. The third-order valence-electron chi connectivity index (χ3n) is 2.44. The highest BCUT2D eigenvalue weighted by atomic mass is 16.3. The Morgan fingerprint density at radius 3 is 2.31 bits per heavy atom. The Kier molecular flexibility index (Phi) is 2.56. The fourth-order valence-corrected chi connectivity index (χ4v) is 1.71. The second-order valence-electron chi connectivity index (χ2n) is 3.93. The molecule has 0 saturated heterocycles. The molecule has 0 amide bonds. The Morgan fingerprint density at radius 2 is 1.75 bits per heavy atom. The molecule has 4 nitrogen and oxygen atoms in total. The van der Waals surface area contributed by atoms with Crippen molar-refractivity contribution in [1.82, 2.24) is 9.78 Å². The van der Waals surface area contributed by atoms with Gasteiger partial charge < -0.3 is 10.2 Å². The normalized spacial score (nSPS) is 10.9. The van der Waals surface area contributed by atoms with E-state index in [1.807, 2.05) is 13.8 Å². The summed E-state index contributed by atoms with van der Waals surface area (Å²) in [5, 5.41) is 23.7. The lowest BCUT2D eigenvalue weighted by atomic mass is 10.1. The van der Waals surface area contributed by atoms with Crippen LogP contribution in [-0.2, 0) is 0 Å². The van der Waals surface area contributed by atoms with E-state index < -0.39 is 0 Å². The summed E-state index contributed by atoms with van der Waals surface area (Å²) < 4.78 is 1.76. The first kappa shape index (κ1) is 10.5. The maximum atomic E-state index is 9.77. The standard InChI is InChI=1S/C12H14N2O2/c1-8(2)14-9(6-7-13-14)12-10(15)4-3-5-11(12)16/h3-8,15-16H,1-2H3. The number of aromatic nitrogens is 2. The van der Waals surface area contributed by atoms with Gasteiger partial charge in [-0.2, -0.15) is 5.10 Å². The maximum absolute atomic E-state index is 9.77. The first-order valence-corrected chi connectivity index (χ1v) is 5.16. The minimum Gasteiger partial charge on any atom is -0.507 e. The van der Waals surface area contributed by atoms with Crippen LogP contribution in [-0.4, -0.2) is 20.0 Å². The second-order valence-corrected chi connectivity index (χ2v) is 3.93.